The van der Waals surface area contributed by atoms with E-state index in [9.17, 15) is 0 Å². The molecule has 0 aromatic heterocycles. The van der Waals surface area contributed by atoms with Gasteiger partial charge in [-0.3, -0.25) is 0 Å². The molecule has 2 atom stereocenters. The topological polar surface area (TPSA) is 44.5 Å². The first kappa shape index (κ1) is 12.2. The molecule has 2 aliphatic rings. The van der Waals surface area contributed by atoms with Crippen molar-refractivity contribution < 1.29 is 9.47 Å². The standard InChI is InChI=1S/C14H19NO2S/c1-16-10-3-4-13-11(7-10)12(15)8-14(17-13)5-2-6-18-9-14/h3-4,7,12H,2,5-6,8-9,15H2,1H3. The zero-order valence-corrected chi connectivity index (χ0v) is 11.5. The minimum Gasteiger partial charge on any atom is -0.497 e. The molecule has 2 heterocycles. The molecule has 0 amide bonds. The Hall–Kier alpha value is -0.870. The quantitative estimate of drug-likeness (QED) is 0.848. The highest BCUT2D eigenvalue weighted by Gasteiger charge is 2.41. The number of hydrogen-bond donors (Lipinski definition) is 1. The average Bonchev–Trinajstić information content (AvgIpc) is 2.39. The Morgan fingerprint density at radius 2 is 2.39 bits per heavy atom. The highest BCUT2D eigenvalue weighted by molar-refractivity contribution is 7.99. The van der Waals surface area contributed by atoms with Gasteiger partial charge < -0.3 is 15.2 Å². The molecule has 1 saturated heterocycles. The van der Waals surface area contributed by atoms with E-state index in [1.54, 1.807) is 7.11 Å². The molecule has 0 radical (unpaired) electrons. The lowest BCUT2D eigenvalue weighted by Gasteiger charge is -2.43. The highest BCUT2D eigenvalue weighted by Crippen LogP contribution is 2.45. The van der Waals surface area contributed by atoms with Crippen molar-refractivity contribution >= 4 is 11.8 Å². The Labute approximate surface area is 112 Å². The van der Waals surface area contributed by atoms with Crippen molar-refractivity contribution in [1.29, 1.82) is 0 Å². The third-order valence-corrected chi connectivity index (χ3v) is 5.13. The van der Waals surface area contributed by atoms with Crippen molar-refractivity contribution in [3.8, 4) is 11.5 Å². The summed E-state index contributed by atoms with van der Waals surface area (Å²) in [5.74, 6) is 4.10. The molecule has 2 N–H and O–H groups in total. The van der Waals surface area contributed by atoms with Crippen molar-refractivity contribution in [2.75, 3.05) is 18.6 Å². The van der Waals surface area contributed by atoms with Gasteiger partial charge in [0.1, 0.15) is 17.1 Å². The number of rotatable bonds is 1. The summed E-state index contributed by atoms with van der Waals surface area (Å²) in [5, 5.41) is 0. The van der Waals surface area contributed by atoms with Crippen molar-refractivity contribution in [3.05, 3.63) is 23.8 Å². The summed E-state index contributed by atoms with van der Waals surface area (Å²) < 4.78 is 11.5. The van der Waals surface area contributed by atoms with E-state index in [1.807, 2.05) is 30.0 Å². The minimum atomic E-state index is -0.0378. The monoisotopic (exact) mass is 265 g/mol. The molecule has 0 saturated carbocycles. The Kier molecular flexibility index (Phi) is 3.16. The summed E-state index contributed by atoms with van der Waals surface area (Å²) in [5.41, 5.74) is 7.37. The van der Waals surface area contributed by atoms with Gasteiger partial charge in [-0.1, -0.05) is 0 Å². The molecule has 98 valence electrons. The fourth-order valence-electron chi connectivity index (χ4n) is 2.89. The van der Waals surface area contributed by atoms with Gasteiger partial charge in [-0.25, -0.2) is 0 Å². The maximum absolute atomic E-state index is 6.33. The van der Waals surface area contributed by atoms with Crippen LogP contribution in [0, 0.1) is 0 Å². The maximum atomic E-state index is 6.33. The molecule has 3 nitrogen and oxygen atoms in total. The second kappa shape index (κ2) is 4.67. The third-order valence-electron chi connectivity index (χ3n) is 3.82. The Morgan fingerprint density at radius 3 is 3.11 bits per heavy atom. The van der Waals surface area contributed by atoms with E-state index in [-0.39, 0.29) is 11.6 Å². The van der Waals surface area contributed by atoms with E-state index in [4.69, 9.17) is 15.2 Å². The fraction of sp³-hybridized carbons (Fsp3) is 0.571. The predicted molar refractivity (Wildman–Crippen MR) is 74.5 cm³/mol. The molecule has 1 fully saturated rings. The lowest BCUT2D eigenvalue weighted by molar-refractivity contribution is 0.0470. The number of fused-ring (bicyclic) bond motifs is 1. The SMILES string of the molecule is COc1ccc2c(c1)C(N)CC1(CCCSC1)O2. The van der Waals surface area contributed by atoms with E-state index in [0.717, 1.165) is 35.7 Å². The van der Waals surface area contributed by atoms with Crippen LogP contribution >= 0.6 is 11.8 Å². The Morgan fingerprint density at radius 1 is 1.50 bits per heavy atom. The van der Waals surface area contributed by atoms with E-state index >= 15 is 0 Å². The first-order valence-electron chi connectivity index (χ1n) is 6.43. The Bertz CT molecular complexity index is 443. The molecule has 1 spiro atoms. The molecule has 18 heavy (non-hydrogen) atoms. The lowest BCUT2D eigenvalue weighted by atomic mass is 9.85. The van der Waals surface area contributed by atoms with Crippen molar-refractivity contribution in [3.63, 3.8) is 0 Å². The van der Waals surface area contributed by atoms with Gasteiger partial charge in [0.25, 0.3) is 0 Å². The van der Waals surface area contributed by atoms with Gasteiger partial charge >= 0.3 is 0 Å². The van der Waals surface area contributed by atoms with Gasteiger partial charge in [0.2, 0.25) is 0 Å². The molecular weight excluding hydrogens is 246 g/mol. The second-order valence-electron chi connectivity index (χ2n) is 5.16. The van der Waals surface area contributed by atoms with Crippen molar-refractivity contribution in [2.24, 2.45) is 5.73 Å². The third kappa shape index (κ3) is 2.08. The average molecular weight is 265 g/mol. The second-order valence-corrected chi connectivity index (χ2v) is 6.26. The number of nitrogens with two attached hydrogens (primary N) is 1. The smallest absolute Gasteiger partial charge is 0.125 e. The zero-order chi connectivity index (χ0) is 12.6. The van der Waals surface area contributed by atoms with Crippen LogP contribution in [-0.2, 0) is 0 Å². The summed E-state index contributed by atoms with van der Waals surface area (Å²) in [6.07, 6.45) is 3.27. The van der Waals surface area contributed by atoms with E-state index in [2.05, 4.69) is 0 Å². The van der Waals surface area contributed by atoms with Crippen LogP contribution in [0.2, 0.25) is 0 Å². The van der Waals surface area contributed by atoms with Crippen LogP contribution in [0.3, 0.4) is 0 Å². The highest BCUT2D eigenvalue weighted by atomic mass is 32.2. The molecular formula is C14H19NO2S. The van der Waals surface area contributed by atoms with Gasteiger partial charge in [0.05, 0.1) is 7.11 Å². The van der Waals surface area contributed by atoms with Crippen LogP contribution in [0.5, 0.6) is 11.5 Å². The van der Waals surface area contributed by atoms with E-state index in [1.165, 1.54) is 12.2 Å². The van der Waals surface area contributed by atoms with Crippen LogP contribution in [0.4, 0.5) is 0 Å². The summed E-state index contributed by atoms with van der Waals surface area (Å²) in [4.78, 5) is 0. The molecule has 0 bridgehead atoms. The number of methoxy groups -OCH3 is 1. The van der Waals surface area contributed by atoms with E-state index in [0.29, 0.717) is 0 Å². The molecule has 2 aliphatic heterocycles. The molecule has 0 aliphatic carbocycles. The van der Waals surface area contributed by atoms with Gasteiger partial charge in [0, 0.05) is 23.8 Å². The molecule has 2 unspecified atom stereocenters. The number of thioether (sulfide) groups is 1. The minimum absolute atomic E-state index is 0.0378. The Balaban J connectivity index is 1.92. The van der Waals surface area contributed by atoms with Gasteiger partial charge in [0.15, 0.2) is 0 Å². The predicted octanol–water partition coefficient (Wildman–Crippen LogP) is 2.74. The first-order chi connectivity index (χ1) is 8.72. The van der Waals surface area contributed by atoms with Crippen LogP contribution in [0.15, 0.2) is 18.2 Å². The zero-order valence-electron chi connectivity index (χ0n) is 10.6. The van der Waals surface area contributed by atoms with Gasteiger partial charge in [-0.15, -0.1) is 0 Å². The molecule has 3 rings (SSSR count). The lowest BCUT2D eigenvalue weighted by Crippen LogP contribution is -2.46. The largest absolute Gasteiger partial charge is 0.497 e. The summed E-state index contributed by atoms with van der Waals surface area (Å²) in [7, 11) is 1.68. The maximum Gasteiger partial charge on any atom is 0.125 e. The van der Waals surface area contributed by atoms with Crippen molar-refractivity contribution in [1.82, 2.24) is 0 Å². The van der Waals surface area contributed by atoms with Gasteiger partial charge in [-0.05, 0) is 36.8 Å². The van der Waals surface area contributed by atoms with Crippen LogP contribution in [-0.4, -0.2) is 24.2 Å². The first-order valence-corrected chi connectivity index (χ1v) is 7.58. The summed E-state index contributed by atoms with van der Waals surface area (Å²) >= 11 is 1.98. The number of benzene rings is 1. The fourth-order valence-corrected chi connectivity index (χ4v) is 4.08. The van der Waals surface area contributed by atoms with Crippen LogP contribution in [0.1, 0.15) is 30.9 Å². The van der Waals surface area contributed by atoms with Gasteiger partial charge in [-0.2, -0.15) is 11.8 Å². The molecule has 1 aromatic rings. The van der Waals surface area contributed by atoms with E-state index < -0.39 is 0 Å². The van der Waals surface area contributed by atoms with Crippen molar-refractivity contribution in [2.45, 2.75) is 30.9 Å². The number of ether oxygens (including phenoxy) is 2. The molecule has 4 heteroatoms. The van der Waals surface area contributed by atoms with Crippen LogP contribution < -0.4 is 15.2 Å². The normalized spacial score (nSPS) is 30.7. The summed E-state index contributed by atoms with van der Waals surface area (Å²) in [6.45, 7) is 0. The molecule has 1 aromatic carbocycles. The summed E-state index contributed by atoms with van der Waals surface area (Å²) in [6, 6.07) is 6.00. The van der Waals surface area contributed by atoms with Crippen LogP contribution in [0.25, 0.3) is 0 Å². The number of hydrogen-bond acceptors (Lipinski definition) is 4.